The van der Waals surface area contributed by atoms with Crippen molar-refractivity contribution in [2.75, 3.05) is 19.0 Å². The van der Waals surface area contributed by atoms with Gasteiger partial charge < -0.3 is 14.8 Å². The van der Waals surface area contributed by atoms with Gasteiger partial charge in [-0.15, -0.1) is 0 Å². The van der Waals surface area contributed by atoms with Crippen molar-refractivity contribution in [2.45, 2.75) is 45.4 Å². The highest BCUT2D eigenvalue weighted by molar-refractivity contribution is 8.26. The number of para-hydroxylation sites is 1. The average molecular weight is 592 g/mol. The highest BCUT2D eigenvalue weighted by Crippen LogP contribution is 2.60. The number of nitrogens with zero attached hydrogens (tertiary/aromatic N) is 1. The smallest absolute Gasteiger partial charge is 0.285 e. The number of anilines is 1. The zero-order valence-corrected chi connectivity index (χ0v) is 24.7. The van der Waals surface area contributed by atoms with Crippen LogP contribution in [0.3, 0.4) is 0 Å². The van der Waals surface area contributed by atoms with Crippen LogP contribution in [0.15, 0.2) is 47.4 Å². The average Bonchev–Trinajstić information content (AvgIpc) is 3.20. The summed E-state index contributed by atoms with van der Waals surface area (Å²) in [5.74, 6) is 2.01. The Labute approximate surface area is 249 Å². The molecule has 4 saturated carbocycles. The Morgan fingerprint density at radius 2 is 1.76 bits per heavy atom. The number of methoxy groups -OCH3 is 1. The fraction of sp³-hybridized carbons (Fsp3) is 0.419. The third-order valence-electron chi connectivity index (χ3n) is 8.79. The molecule has 8 nitrogen and oxygen atoms in total. The van der Waals surface area contributed by atoms with Crippen molar-refractivity contribution in [3.05, 3.63) is 58.5 Å². The van der Waals surface area contributed by atoms with Gasteiger partial charge >= 0.3 is 0 Å². The highest BCUT2D eigenvalue weighted by Gasteiger charge is 2.55. The summed E-state index contributed by atoms with van der Waals surface area (Å²) in [7, 11) is 1.51. The summed E-state index contributed by atoms with van der Waals surface area (Å²) >= 11 is 6.64. The third-order valence-corrected chi connectivity index (χ3v) is 10.1. The van der Waals surface area contributed by atoms with Gasteiger partial charge in [0.25, 0.3) is 11.8 Å². The predicted octanol–water partition coefficient (Wildman–Crippen LogP) is 5.47. The zero-order valence-electron chi connectivity index (χ0n) is 23.1. The summed E-state index contributed by atoms with van der Waals surface area (Å²) in [6.07, 6.45) is 8.18. The van der Waals surface area contributed by atoms with Crippen LogP contribution in [-0.2, 0) is 14.4 Å². The van der Waals surface area contributed by atoms with E-state index in [-0.39, 0.29) is 29.7 Å². The molecule has 10 heteroatoms. The molecule has 0 spiro atoms. The van der Waals surface area contributed by atoms with E-state index in [9.17, 15) is 14.4 Å². The number of carbonyl (C=O) groups is 3. The van der Waals surface area contributed by atoms with Gasteiger partial charge in [-0.25, -0.2) is 0 Å². The van der Waals surface area contributed by atoms with E-state index >= 15 is 0 Å². The van der Waals surface area contributed by atoms with Gasteiger partial charge in [0, 0.05) is 5.69 Å². The summed E-state index contributed by atoms with van der Waals surface area (Å²) in [6.45, 7) is 1.73. The van der Waals surface area contributed by atoms with Crippen LogP contribution in [0.25, 0.3) is 6.08 Å². The molecule has 41 heavy (non-hydrogen) atoms. The summed E-state index contributed by atoms with van der Waals surface area (Å²) in [5.41, 5.74) is 4.91. The molecule has 5 fully saturated rings. The van der Waals surface area contributed by atoms with Crippen LogP contribution in [0, 0.1) is 30.1 Å². The van der Waals surface area contributed by atoms with Gasteiger partial charge in [-0.3, -0.25) is 19.8 Å². The minimum Gasteiger partial charge on any atom is -0.493 e. The molecular formula is C31H33N3O5S2. The molecular weight excluding hydrogens is 558 g/mol. The maximum Gasteiger partial charge on any atom is 0.285 e. The summed E-state index contributed by atoms with van der Waals surface area (Å²) in [5, 5.41) is 4.07. The number of hydrazine groups is 1. The number of ether oxygens (including phenoxy) is 2. The van der Waals surface area contributed by atoms with Crippen molar-refractivity contribution in [2.24, 2.45) is 23.2 Å². The Morgan fingerprint density at radius 1 is 1.07 bits per heavy atom. The molecule has 4 bridgehead atoms. The van der Waals surface area contributed by atoms with Crippen LogP contribution in [0.4, 0.5) is 5.69 Å². The normalized spacial score (nSPS) is 27.3. The fourth-order valence-electron chi connectivity index (χ4n) is 7.26. The molecule has 2 N–H and O–H groups in total. The standard InChI is InChI=1S/C31H33N3O5S2/c1-18-5-3-4-6-23(18)32-27(35)17-39-24-8-7-19(12-25(24)38-2)13-26-28(36)34(30(40)41-26)33-29(37)31-14-20-9-21(15-31)11-22(10-20)16-31/h3-8,12-13,20-22H,9-11,14-17H2,1-2H3,(H,32,35)(H,33,37)/b26-13-. The van der Waals surface area contributed by atoms with Crippen LogP contribution in [0.1, 0.15) is 49.7 Å². The number of thiocarbonyl (C=S) groups is 1. The Kier molecular flexibility index (Phi) is 7.54. The molecule has 7 rings (SSSR count). The molecule has 1 saturated heterocycles. The second-order valence-corrected chi connectivity index (χ2v) is 13.4. The van der Waals surface area contributed by atoms with Gasteiger partial charge in [0.1, 0.15) is 0 Å². The van der Waals surface area contributed by atoms with Gasteiger partial charge in [0.05, 0.1) is 17.4 Å². The van der Waals surface area contributed by atoms with Gasteiger partial charge in [0.2, 0.25) is 5.91 Å². The Hall–Kier alpha value is -3.37. The molecule has 0 radical (unpaired) electrons. The lowest BCUT2D eigenvalue weighted by atomic mass is 9.49. The van der Waals surface area contributed by atoms with Crippen molar-refractivity contribution in [1.82, 2.24) is 10.4 Å². The van der Waals surface area contributed by atoms with Crippen LogP contribution in [-0.4, -0.2) is 40.8 Å². The SMILES string of the molecule is COc1cc(/C=C2\SC(=S)N(NC(=O)C34CC5CC(CC(C5)C3)C4)C2=O)ccc1OCC(=O)Nc1ccccc1C. The van der Waals surface area contributed by atoms with E-state index in [0.29, 0.717) is 44.0 Å². The lowest BCUT2D eigenvalue weighted by molar-refractivity contribution is -0.152. The number of hydrogen-bond acceptors (Lipinski definition) is 7. The van der Waals surface area contributed by atoms with E-state index in [1.165, 1.54) is 31.4 Å². The van der Waals surface area contributed by atoms with E-state index < -0.39 is 0 Å². The summed E-state index contributed by atoms with van der Waals surface area (Å²) < 4.78 is 11.5. The zero-order chi connectivity index (χ0) is 28.7. The molecule has 2 aromatic carbocycles. The number of rotatable bonds is 8. The Balaban J connectivity index is 1.10. The van der Waals surface area contributed by atoms with E-state index in [4.69, 9.17) is 21.7 Å². The van der Waals surface area contributed by atoms with Gasteiger partial charge in [-0.05, 0) is 111 Å². The lowest BCUT2D eigenvalue weighted by Crippen LogP contribution is -2.57. The summed E-state index contributed by atoms with van der Waals surface area (Å²) in [4.78, 5) is 39.6. The number of thioether (sulfide) groups is 1. The molecule has 0 aromatic heterocycles. The lowest BCUT2D eigenvalue weighted by Gasteiger charge is -2.55. The Bertz CT molecular complexity index is 1420. The minimum absolute atomic E-state index is 0.0659. The molecule has 1 heterocycles. The van der Waals surface area contributed by atoms with Crippen LogP contribution < -0.4 is 20.2 Å². The van der Waals surface area contributed by atoms with Crippen molar-refractivity contribution < 1.29 is 23.9 Å². The second-order valence-electron chi connectivity index (χ2n) is 11.7. The fourth-order valence-corrected chi connectivity index (χ4v) is 8.44. The molecule has 0 atom stereocenters. The first-order valence-corrected chi connectivity index (χ1v) is 15.2. The number of carbonyl (C=O) groups excluding carboxylic acids is 3. The topological polar surface area (TPSA) is 97.0 Å². The molecule has 0 unspecified atom stereocenters. The largest absolute Gasteiger partial charge is 0.493 e. The first kappa shape index (κ1) is 27.8. The number of amides is 3. The number of hydrogen-bond donors (Lipinski definition) is 2. The second kappa shape index (κ2) is 11.1. The maximum absolute atomic E-state index is 13.5. The number of benzene rings is 2. The van der Waals surface area contributed by atoms with E-state index in [1.807, 2.05) is 31.2 Å². The van der Waals surface area contributed by atoms with Crippen molar-refractivity contribution >= 4 is 57.8 Å². The monoisotopic (exact) mass is 591 g/mol. The van der Waals surface area contributed by atoms with Crippen molar-refractivity contribution in [1.29, 1.82) is 0 Å². The molecule has 214 valence electrons. The molecule has 2 aromatic rings. The first-order chi connectivity index (χ1) is 19.7. The Morgan fingerprint density at radius 3 is 2.41 bits per heavy atom. The van der Waals surface area contributed by atoms with Crippen LogP contribution in [0.2, 0.25) is 0 Å². The third kappa shape index (κ3) is 5.59. The number of nitrogens with one attached hydrogen (secondary N) is 2. The van der Waals surface area contributed by atoms with E-state index in [2.05, 4.69) is 10.7 Å². The van der Waals surface area contributed by atoms with Gasteiger partial charge in [0.15, 0.2) is 22.4 Å². The van der Waals surface area contributed by atoms with Crippen LogP contribution >= 0.6 is 24.0 Å². The van der Waals surface area contributed by atoms with E-state index in [0.717, 1.165) is 42.3 Å². The van der Waals surface area contributed by atoms with E-state index in [1.54, 1.807) is 24.3 Å². The predicted molar refractivity (Wildman–Crippen MR) is 162 cm³/mol. The quantitative estimate of drug-likeness (QED) is 0.310. The number of aryl methyl sites for hydroxylation is 1. The van der Waals surface area contributed by atoms with Gasteiger partial charge in [-0.2, -0.15) is 5.01 Å². The summed E-state index contributed by atoms with van der Waals surface area (Å²) in [6, 6.07) is 12.7. The minimum atomic E-state index is -0.373. The van der Waals surface area contributed by atoms with Gasteiger partial charge in [-0.1, -0.05) is 36.0 Å². The van der Waals surface area contributed by atoms with Crippen molar-refractivity contribution in [3.8, 4) is 11.5 Å². The van der Waals surface area contributed by atoms with Crippen molar-refractivity contribution in [3.63, 3.8) is 0 Å². The molecule has 5 aliphatic rings. The molecule has 3 amide bonds. The first-order valence-electron chi connectivity index (χ1n) is 14.0. The highest BCUT2D eigenvalue weighted by atomic mass is 32.2. The maximum atomic E-state index is 13.5. The molecule has 4 aliphatic carbocycles. The molecule has 1 aliphatic heterocycles. The van der Waals surface area contributed by atoms with Crippen LogP contribution in [0.5, 0.6) is 11.5 Å².